The standard InChI is InChI=1S/C16H19NO3/c1-10(2)4-5-12-6-7-14-13(8-12)16(20,9-11(3)18)15(19)17-14/h4,6-8,20H,5,9H2,1-3H3,(H,17,19). The Labute approximate surface area is 118 Å². The number of hydrogen-bond donors (Lipinski definition) is 2. The Morgan fingerprint density at radius 1 is 1.35 bits per heavy atom. The molecule has 0 saturated heterocycles. The minimum Gasteiger partial charge on any atom is -0.375 e. The van der Waals surface area contributed by atoms with Crippen LogP contribution in [-0.4, -0.2) is 16.8 Å². The maximum atomic E-state index is 11.9. The van der Waals surface area contributed by atoms with Gasteiger partial charge >= 0.3 is 0 Å². The third kappa shape index (κ3) is 2.65. The van der Waals surface area contributed by atoms with Crippen LogP contribution in [0.25, 0.3) is 0 Å². The molecule has 106 valence electrons. The Morgan fingerprint density at radius 3 is 2.65 bits per heavy atom. The van der Waals surface area contributed by atoms with Gasteiger partial charge in [-0.1, -0.05) is 17.7 Å². The fraction of sp³-hybridized carbons (Fsp3) is 0.375. The lowest BCUT2D eigenvalue weighted by atomic mass is 9.89. The van der Waals surface area contributed by atoms with E-state index in [0.717, 1.165) is 12.0 Å². The monoisotopic (exact) mass is 273 g/mol. The summed E-state index contributed by atoms with van der Waals surface area (Å²) in [5.41, 5.74) is 1.56. The highest BCUT2D eigenvalue weighted by molar-refractivity contribution is 6.07. The van der Waals surface area contributed by atoms with Crippen molar-refractivity contribution >= 4 is 17.4 Å². The molecule has 1 amide bonds. The first-order valence-electron chi connectivity index (χ1n) is 6.63. The fourth-order valence-corrected chi connectivity index (χ4v) is 2.38. The molecular formula is C16H19NO3. The van der Waals surface area contributed by atoms with Crippen molar-refractivity contribution in [1.82, 2.24) is 0 Å². The molecule has 2 N–H and O–H groups in total. The van der Waals surface area contributed by atoms with Gasteiger partial charge in [0, 0.05) is 17.7 Å². The van der Waals surface area contributed by atoms with E-state index in [1.807, 2.05) is 19.9 Å². The fourth-order valence-electron chi connectivity index (χ4n) is 2.38. The number of amides is 1. The lowest BCUT2D eigenvalue weighted by Gasteiger charge is -2.19. The smallest absolute Gasteiger partial charge is 0.261 e. The van der Waals surface area contributed by atoms with Gasteiger partial charge in [0.25, 0.3) is 5.91 Å². The molecule has 1 aromatic carbocycles. The normalized spacial score (nSPS) is 20.3. The molecule has 1 heterocycles. The predicted octanol–water partition coefficient (Wildman–Crippen LogP) is 2.31. The van der Waals surface area contributed by atoms with Gasteiger partial charge in [-0.05, 0) is 44.9 Å². The van der Waals surface area contributed by atoms with Crippen molar-refractivity contribution in [2.75, 3.05) is 5.32 Å². The molecule has 0 aromatic heterocycles. The van der Waals surface area contributed by atoms with Crippen molar-refractivity contribution in [2.45, 2.75) is 39.2 Å². The molecule has 1 aromatic rings. The Kier molecular flexibility index (Phi) is 3.77. The zero-order chi connectivity index (χ0) is 14.9. The van der Waals surface area contributed by atoms with Gasteiger partial charge in [0.05, 0.1) is 0 Å². The summed E-state index contributed by atoms with van der Waals surface area (Å²) >= 11 is 0. The summed E-state index contributed by atoms with van der Waals surface area (Å²) in [6.07, 6.45) is 2.62. The van der Waals surface area contributed by atoms with E-state index < -0.39 is 11.5 Å². The van der Waals surface area contributed by atoms with Gasteiger partial charge in [-0.25, -0.2) is 0 Å². The second kappa shape index (κ2) is 5.21. The number of carbonyl (C=O) groups is 2. The third-order valence-electron chi connectivity index (χ3n) is 3.40. The van der Waals surface area contributed by atoms with Gasteiger partial charge in [-0.3, -0.25) is 9.59 Å². The van der Waals surface area contributed by atoms with Gasteiger partial charge in [-0.2, -0.15) is 0 Å². The van der Waals surface area contributed by atoms with Crippen LogP contribution < -0.4 is 5.32 Å². The van der Waals surface area contributed by atoms with Gasteiger partial charge in [0.2, 0.25) is 0 Å². The lowest BCUT2D eigenvalue weighted by Crippen LogP contribution is -2.36. The van der Waals surface area contributed by atoms with Crippen LogP contribution in [-0.2, 0) is 21.6 Å². The van der Waals surface area contributed by atoms with E-state index in [0.29, 0.717) is 11.3 Å². The van der Waals surface area contributed by atoms with Crippen LogP contribution in [0, 0.1) is 0 Å². The third-order valence-corrected chi connectivity index (χ3v) is 3.40. The van der Waals surface area contributed by atoms with Crippen LogP contribution in [0.4, 0.5) is 5.69 Å². The van der Waals surface area contributed by atoms with Crippen LogP contribution in [0.2, 0.25) is 0 Å². The zero-order valence-electron chi connectivity index (χ0n) is 12.0. The second-order valence-corrected chi connectivity index (χ2v) is 5.56. The van der Waals surface area contributed by atoms with Crippen molar-refractivity contribution in [3.63, 3.8) is 0 Å². The molecule has 0 bridgehead atoms. The Hall–Kier alpha value is -1.94. The molecule has 2 rings (SSSR count). The average Bonchev–Trinajstić information content (AvgIpc) is 2.58. The van der Waals surface area contributed by atoms with Crippen LogP contribution in [0.1, 0.15) is 38.3 Å². The van der Waals surface area contributed by atoms with E-state index in [9.17, 15) is 14.7 Å². The van der Waals surface area contributed by atoms with Crippen molar-refractivity contribution in [3.8, 4) is 0 Å². The highest BCUT2D eigenvalue weighted by atomic mass is 16.3. The number of ketones is 1. The summed E-state index contributed by atoms with van der Waals surface area (Å²) in [6.45, 7) is 5.41. The molecule has 0 fully saturated rings. The summed E-state index contributed by atoms with van der Waals surface area (Å²) < 4.78 is 0. The Morgan fingerprint density at radius 2 is 2.05 bits per heavy atom. The number of carbonyl (C=O) groups excluding carboxylic acids is 2. The summed E-state index contributed by atoms with van der Waals surface area (Å²) in [7, 11) is 0. The average molecular weight is 273 g/mol. The van der Waals surface area contributed by atoms with Crippen LogP contribution >= 0.6 is 0 Å². The maximum absolute atomic E-state index is 11.9. The quantitative estimate of drug-likeness (QED) is 0.827. The summed E-state index contributed by atoms with van der Waals surface area (Å²) in [5.74, 6) is -0.743. The maximum Gasteiger partial charge on any atom is 0.261 e. The number of nitrogens with one attached hydrogen (secondary N) is 1. The zero-order valence-corrected chi connectivity index (χ0v) is 12.0. The minimum absolute atomic E-state index is 0.196. The number of hydrogen-bond acceptors (Lipinski definition) is 3. The summed E-state index contributed by atoms with van der Waals surface area (Å²) in [6, 6.07) is 5.49. The van der Waals surface area contributed by atoms with Crippen LogP contribution in [0.15, 0.2) is 29.8 Å². The molecule has 1 aliphatic heterocycles. The number of Topliss-reactive ketones (excluding diaryl/α,β-unsaturated/α-hetero) is 1. The molecule has 1 unspecified atom stereocenters. The molecule has 4 nitrogen and oxygen atoms in total. The minimum atomic E-state index is -1.73. The van der Waals surface area contributed by atoms with E-state index >= 15 is 0 Å². The van der Waals surface area contributed by atoms with Gasteiger partial charge in [-0.15, -0.1) is 0 Å². The molecule has 0 radical (unpaired) electrons. The molecular weight excluding hydrogens is 254 g/mol. The predicted molar refractivity (Wildman–Crippen MR) is 77.4 cm³/mol. The topological polar surface area (TPSA) is 66.4 Å². The molecule has 1 aliphatic rings. The molecule has 20 heavy (non-hydrogen) atoms. The van der Waals surface area contributed by atoms with E-state index in [1.165, 1.54) is 12.5 Å². The van der Waals surface area contributed by atoms with Gasteiger partial charge in [0.15, 0.2) is 5.60 Å². The SMILES string of the molecule is CC(=O)CC1(O)C(=O)Nc2ccc(CC=C(C)C)cc21. The first-order chi connectivity index (χ1) is 9.33. The Balaban J connectivity index is 2.39. The van der Waals surface area contributed by atoms with Crippen molar-refractivity contribution in [1.29, 1.82) is 0 Å². The highest BCUT2D eigenvalue weighted by Gasteiger charge is 2.46. The summed E-state index contributed by atoms with van der Waals surface area (Å²) in [4.78, 5) is 23.3. The van der Waals surface area contributed by atoms with Crippen molar-refractivity contribution in [3.05, 3.63) is 41.0 Å². The van der Waals surface area contributed by atoms with Gasteiger partial charge < -0.3 is 10.4 Å². The first kappa shape index (κ1) is 14.5. The van der Waals surface area contributed by atoms with E-state index in [2.05, 4.69) is 11.4 Å². The molecule has 4 heteroatoms. The van der Waals surface area contributed by atoms with Crippen LogP contribution in [0.3, 0.4) is 0 Å². The number of anilines is 1. The van der Waals surface area contributed by atoms with Gasteiger partial charge in [0.1, 0.15) is 5.78 Å². The first-order valence-corrected chi connectivity index (χ1v) is 6.63. The molecule has 0 spiro atoms. The van der Waals surface area contributed by atoms with E-state index in [-0.39, 0.29) is 12.2 Å². The van der Waals surface area contributed by atoms with E-state index in [4.69, 9.17) is 0 Å². The highest BCUT2D eigenvalue weighted by Crippen LogP contribution is 2.39. The molecule has 1 atom stereocenters. The molecule has 0 aliphatic carbocycles. The number of rotatable bonds is 4. The van der Waals surface area contributed by atoms with Crippen molar-refractivity contribution in [2.24, 2.45) is 0 Å². The number of benzene rings is 1. The largest absolute Gasteiger partial charge is 0.375 e. The van der Waals surface area contributed by atoms with E-state index in [1.54, 1.807) is 12.1 Å². The number of fused-ring (bicyclic) bond motifs is 1. The van der Waals surface area contributed by atoms with Crippen LogP contribution in [0.5, 0.6) is 0 Å². The lowest BCUT2D eigenvalue weighted by molar-refractivity contribution is -0.139. The van der Waals surface area contributed by atoms with Crippen molar-refractivity contribution < 1.29 is 14.7 Å². The molecule has 0 saturated carbocycles. The Bertz CT molecular complexity index is 600. The number of aliphatic hydroxyl groups is 1. The second-order valence-electron chi connectivity index (χ2n) is 5.56. The number of allylic oxidation sites excluding steroid dienone is 2. The summed E-state index contributed by atoms with van der Waals surface area (Å²) in [5, 5.41) is 13.2.